The molecule has 2 heterocycles. The third-order valence-corrected chi connectivity index (χ3v) is 4.82. The molecule has 0 spiro atoms. The van der Waals surface area contributed by atoms with Crippen LogP contribution in [-0.4, -0.2) is 35.2 Å². The minimum Gasteiger partial charge on any atom is -0.383 e. The van der Waals surface area contributed by atoms with E-state index in [-0.39, 0.29) is 5.91 Å². The minimum absolute atomic E-state index is 0.122. The highest BCUT2D eigenvalue weighted by atomic mass is 16.5. The molecule has 3 rings (SSSR count). The maximum atomic E-state index is 12.5. The summed E-state index contributed by atoms with van der Waals surface area (Å²) in [4.78, 5) is 17.0. The number of fused-ring (bicyclic) bond motifs is 1. The summed E-state index contributed by atoms with van der Waals surface area (Å²) in [5.41, 5.74) is 1.96. The number of nitrogens with zero attached hydrogens (tertiary/aromatic N) is 2. The van der Waals surface area contributed by atoms with Crippen LogP contribution >= 0.6 is 0 Å². The van der Waals surface area contributed by atoms with Crippen LogP contribution in [0.25, 0.3) is 11.0 Å². The normalized spacial score (nSPS) is 16.2. The molecule has 2 aromatic rings. The maximum absolute atomic E-state index is 12.5. The van der Waals surface area contributed by atoms with E-state index >= 15 is 0 Å². The first-order valence-electron chi connectivity index (χ1n) is 8.99. The predicted octanol–water partition coefficient (Wildman–Crippen LogP) is 3.06. The van der Waals surface area contributed by atoms with Crippen LogP contribution in [0.2, 0.25) is 0 Å². The van der Waals surface area contributed by atoms with Gasteiger partial charge in [0, 0.05) is 37.5 Å². The Kier molecular flexibility index (Phi) is 5.86. The van der Waals surface area contributed by atoms with E-state index in [1.54, 1.807) is 13.3 Å². The average Bonchev–Trinajstić information content (AvgIpc) is 2.75. The van der Waals surface area contributed by atoms with E-state index in [4.69, 9.17) is 4.74 Å². The molecule has 0 unspecified atom stereocenters. The van der Waals surface area contributed by atoms with E-state index in [1.165, 1.54) is 25.7 Å². The molecule has 1 aliphatic rings. The lowest BCUT2D eigenvalue weighted by atomic mass is 10.1. The second-order valence-electron chi connectivity index (χ2n) is 6.65. The summed E-state index contributed by atoms with van der Waals surface area (Å²) in [7, 11) is 1.69. The van der Waals surface area contributed by atoms with Gasteiger partial charge in [0.25, 0.3) is 0 Å². The van der Waals surface area contributed by atoms with Gasteiger partial charge < -0.3 is 14.6 Å². The fourth-order valence-electron chi connectivity index (χ4n) is 3.57. The molecule has 0 aromatic carbocycles. The van der Waals surface area contributed by atoms with Crippen molar-refractivity contribution >= 4 is 16.9 Å². The smallest absolute Gasteiger partial charge is 0.224 e. The maximum Gasteiger partial charge on any atom is 0.224 e. The van der Waals surface area contributed by atoms with Crippen LogP contribution in [0.3, 0.4) is 0 Å². The molecule has 0 saturated heterocycles. The number of rotatable bonds is 6. The van der Waals surface area contributed by atoms with Crippen LogP contribution in [0.15, 0.2) is 24.5 Å². The Hall–Kier alpha value is -1.88. The second kappa shape index (κ2) is 8.29. The van der Waals surface area contributed by atoms with E-state index < -0.39 is 0 Å². The van der Waals surface area contributed by atoms with Gasteiger partial charge >= 0.3 is 0 Å². The number of hydrogen-bond acceptors (Lipinski definition) is 3. The van der Waals surface area contributed by atoms with E-state index in [2.05, 4.69) is 14.9 Å². The van der Waals surface area contributed by atoms with Gasteiger partial charge in [-0.1, -0.05) is 25.7 Å². The van der Waals surface area contributed by atoms with Crippen molar-refractivity contribution in [1.82, 2.24) is 14.9 Å². The molecule has 1 N–H and O–H groups in total. The molecule has 0 aliphatic heterocycles. The molecular weight excluding hydrogens is 302 g/mol. The summed E-state index contributed by atoms with van der Waals surface area (Å²) in [6.07, 6.45) is 11.5. The molecular formula is C19H27N3O2. The Morgan fingerprint density at radius 3 is 2.88 bits per heavy atom. The van der Waals surface area contributed by atoms with E-state index in [1.807, 2.05) is 18.3 Å². The first kappa shape index (κ1) is 17.0. The topological polar surface area (TPSA) is 56.1 Å². The summed E-state index contributed by atoms with van der Waals surface area (Å²) < 4.78 is 7.25. The number of hydrogen-bond donors (Lipinski definition) is 1. The number of aromatic nitrogens is 2. The number of amides is 1. The molecule has 24 heavy (non-hydrogen) atoms. The fourth-order valence-corrected chi connectivity index (χ4v) is 3.57. The van der Waals surface area contributed by atoms with Crippen LogP contribution in [0.1, 0.15) is 44.1 Å². The van der Waals surface area contributed by atoms with Gasteiger partial charge in [-0.2, -0.15) is 0 Å². The first-order chi connectivity index (χ1) is 11.8. The Balaban J connectivity index is 1.70. The number of carbonyl (C=O) groups excluding carboxylic acids is 1. The van der Waals surface area contributed by atoms with Crippen molar-refractivity contribution in [1.29, 1.82) is 0 Å². The number of methoxy groups -OCH3 is 1. The van der Waals surface area contributed by atoms with E-state index in [0.717, 1.165) is 36.0 Å². The number of ether oxygens (including phenoxy) is 1. The molecule has 1 fully saturated rings. The monoisotopic (exact) mass is 329 g/mol. The average molecular weight is 329 g/mol. The van der Waals surface area contributed by atoms with Crippen molar-refractivity contribution in [3.8, 4) is 0 Å². The highest BCUT2D eigenvalue weighted by molar-refractivity contribution is 5.87. The Labute approximate surface area is 143 Å². The first-order valence-corrected chi connectivity index (χ1v) is 8.99. The lowest BCUT2D eigenvalue weighted by Gasteiger charge is -2.16. The van der Waals surface area contributed by atoms with Gasteiger partial charge in [-0.15, -0.1) is 0 Å². The molecule has 0 bridgehead atoms. The van der Waals surface area contributed by atoms with Gasteiger partial charge in [0.2, 0.25) is 5.91 Å². The van der Waals surface area contributed by atoms with Crippen LogP contribution in [0, 0.1) is 0 Å². The van der Waals surface area contributed by atoms with Crippen LogP contribution in [0.4, 0.5) is 0 Å². The Bertz CT molecular complexity index is 672. The minimum atomic E-state index is 0.122. The molecule has 1 saturated carbocycles. The van der Waals surface area contributed by atoms with Crippen LogP contribution < -0.4 is 5.32 Å². The van der Waals surface area contributed by atoms with Crippen LogP contribution in [0.5, 0.6) is 0 Å². The van der Waals surface area contributed by atoms with Crippen molar-refractivity contribution < 1.29 is 9.53 Å². The summed E-state index contributed by atoms with van der Waals surface area (Å²) in [6, 6.07) is 4.32. The molecule has 5 heteroatoms. The largest absolute Gasteiger partial charge is 0.383 e. The summed E-state index contributed by atoms with van der Waals surface area (Å²) in [5.74, 6) is 0.122. The van der Waals surface area contributed by atoms with Gasteiger partial charge in [0.15, 0.2) is 0 Å². The zero-order valence-electron chi connectivity index (χ0n) is 14.5. The molecule has 0 radical (unpaired) electrons. The van der Waals surface area contributed by atoms with Gasteiger partial charge in [-0.25, -0.2) is 4.98 Å². The quantitative estimate of drug-likeness (QED) is 0.829. The standard InChI is InChI=1S/C19H27N3O2/c1-24-12-11-22-14-15(17-9-6-10-20-19(17)22)13-18(23)21-16-7-4-2-3-5-8-16/h6,9-10,14,16H,2-5,7-8,11-13H2,1H3,(H,21,23). The molecule has 1 amide bonds. The van der Waals surface area contributed by atoms with E-state index in [0.29, 0.717) is 19.1 Å². The lowest BCUT2D eigenvalue weighted by molar-refractivity contribution is -0.121. The van der Waals surface area contributed by atoms with Gasteiger partial charge in [-0.3, -0.25) is 4.79 Å². The Morgan fingerprint density at radius 2 is 2.12 bits per heavy atom. The zero-order chi connectivity index (χ0) is 16.8. The predicted molar refractivity (Wildman–Crippen MR) is 94.9 cm³/mol. The SMILES string of the molecule is COCCn1cc(CC(=O)NC2CCCCCC2)c2cccnc21. The molecule has 5 nitrogen and oxygen atoms in total. The third kappa shape index (κ3) is 4.15. The fraction of sp³-hybridized carbons (Fsp3) is 0.579. The highest BCUT2D eigenvalue weighted by Crippen LogP contribution is 2.21. The zero-order valence-corrected chi connectivity index (χ0v) is 14.5. The number of nitrogens with one attached hydrogen (secondary N) is 1. The molecule has 2 aromatic heterocycles. The molecule has 130 valence electrons. The van der Waals surface area contributed by atoms with Crippen molar-refractivity contribution in [2.45, 2.75) is 57.5 Å². The van der Waals surface area contributed by atoms with Gasteiger partial charge in [-0.05, 0) is 30.5 Å². The number of pyridine rings is 1. The lowest BCUT2D eigenvalue weighted by Crippen LogP contribution is -2.35. The van der Waals surface area contributed by atoms with Crippen molar-refractivity contribution in [2.24, 2.45) is 0 Å². The summed E-state index contributed by atoms with van der Waals surface area (Å²) >= 11 is 0. The van der Waals surface area contributed by atoms with Crippen molar-refractivity contribution in [3.05, 3.63) is 30.1 Å². The molecule has 0 atom stereocenters. The van der Waals surface area contributed by atoms with Crippen molar-refractivity contribution in [3.63, 3.8) is 0 Å². The Morgan fingerprint density at radius 1 is 1.33 bits per heavy atom. The molecule has 1 aliphatic carbocycles. The second-order valence-corrected chi connectivity index (χ2v) is 6.65. The summed E-state index contributed by atoms with van der Waals surface area (Å²) in [5, 5.41) is 4.29. The summed E-state index contributed by atoms with van der Waals surface area (Å²) in [6.45, 7) is 1.38. The van der Waals surface area contributed by atoms with Crippen molar-refractivity contribution in [2.75, 3.05) is 13.7 Å². The highest BCUT2D eigenvalue weighted by Gasteiger charge is 2.17. The third-order valence-electron chi connectivity index (χ3n) is 4.82. The van der Waals surface area contributed by atoms with Crippen LogP contribution in [-0.2, 0) is 22.5 Å². The van der Waals surface area contributed by atoms with Gasteiger partial charge in [0.05, 0.1) is 13.0 Å². The van der Waals surface area contributed by atoms with Gasteiger partial charge in [0.1, 0.15) is 5.65 Å². The number of carbonyl (C=O) groups is 1. The van der Waals surface area contributed by atoms with E-state index in [9.17, 15) is 4.79 Å².